The van der Waals surface area contributed by atoms with Gasteiger partial charge in [-0.2, -0.15) is 0 Å². The normalized spacial score (nSPS) is 31.7. The molecule has 2 aromatic carbocycles. The van der Waals surface area contributed by atoms with Crippen LogP contribution in [0.2, 0.25) is 0 Å². The maximum Gasteiger partial charge on any atom is 0.338 e. The molecule has 7 atom stereocenters. The van der Waals surface area contributed by atoms with Gasteiger partial charge in [-0.15, -0.1) is 0 Å². The number of carbonyl (C=O) groups is 2. The van der Waals surface area contributed by atoms with Crippen LogP contribution in [0.3, 0.4) is 0 Å². The largest absolute Gasteiger partial charge is 0.508 e. The highest BCUT2D eigenvalue weighted by atomic mass is 16.8. The molecule has 0 radical (unpaired) electrons. The summed E-state index contributed by atoms with van der Waals surface area (Å²) in [4.78, 5) is 25.7. The van der Waals surface area contributed by atoms with Crippen LogP contribution in [-0.4, -0.2) is 72.4 Å². The Kier molecular flexibility index (Phi) is 7.09. The number of carbonyl (C=O) groups excluding carboxylic acids is 2. The van der Waals surface area contributed by atoms with Crippen LogP contribution in [0.4, 0.5) is 0 Å². The Morgan fingerprint density at radius 2 is 1.51 bits per heavy atom. The van der Waals surface area contributed by atoms with E-state index in [0.717, 1.165) is 0 Å². The maximum atomic E-state index is 13.0. The molecule has 2 heterocycles. The highest BCUT2D eigenvalue weighted by molar-refractivity contribution is 5.90. The first-order valence-electron chi connectivity index (χ1n) is 12.4. The molecule has 10 heteroatoms. The quantitative estimate of drug-likeness (QED) is 0.380. The third kappa shape index (κ3) is 4.89. The average molecular weight is 515 g/mol. The fourth-order valence-electron chi connectivity index (χ4n) is 5.44. The van der Waals surface area contributed by atoms with Crippen molar-refractivity contribution in [3.63, 3.8) is 0 Å². The molecule has 2 saturated heterocycles. The molecular weight excluding hydrogens is 484 g/mol. The van der Waals surface area contributed by atoms with Gasteiger partial charge in [0.1, 0.15) is 35.9 Å². The summed E-state index contributed by atoms with van der Waals surface area (Å²) in [7, 11) is 0. The number of fused-ring (bicyclic) bond motifs is 3. The Morgan fingerprint density at radius 1 is 0.919 bits per heavy atom. The van der Waals surface area contributed by atoms with Gasteiger partial charge in [-0.1, -0.05) is 0 Å². The van der Waals surface area contributed by atoms with Crippen molar-refractivity contribution in [3.8, 4) is 11.5 Å². The van der Waals surface area contributed by atoms with Crippen molar-refractivity contribution in [1.82, 2.24) is 0 Å². The van der Waals surface area contributed by atoms with E-state index in [1.54, 1.807) is 0 Å². The first kappa shape index (κ1) is 25.5. The SMILES string of the molecule is CCOC1C[C@H]2[C@H](OC(=O)c3ccc(O)cc3)[C@@H]3O[C@]3(COC(=O)c3ccc(O)cc3)[C@H]2C(OCC)O1. The predicted octanol–water partition coefficient (Wildman–Crippen LogP) is 3.01. The zero-order chi connectivity index (χ0) is 26.2. The van der Waals surface area contributed by atoms with Crippen LogP contribution >= 0.6 is 0 Å². The number of ether oxygens (including phenoxy) is 6. The van der Waals surface area contributed by atoms with Gasteiger partial charge < -0.3 is 38.6 Å². The van der Waals surface area contributed by atoms with E-state index in [-0.39, 0.29) is 35.5 Å². The highest BCUT2D eigenvalue weighted by Gasteiger charge is 2.78. The summed E-state index contributed by atoms with van der Waals surface area (Å²) in [5.41, 5.74) is -0.372. The number of epoxide rings is 1. The number of rotatable bonds is 9. The summed E-state index contributed by atoms with van der Waals surface area (Å²) >= 11 is 0. The summed E-state index contributed by atoms with van der Waals surface area (Å²) in [5, 5.41) is 19.0. The molecule has 1 aliphatic carbocycles. The number of benzene rings is 2. The Bertz CT molecular complexity index is 1120. The van der Waals surface area contributed by atoms with E-state index < -0.39 is 42.3 Å². The second-order valence-electron chi connectivity index (χ2n) is 9.30. The molecule has 37 heavy (non-hydrogen) atoms. The van der Waals surface area contributed by atoms with Crippen molar-refractivity contribution in [2.24, 2.45) is 11.8 Å². The molecule has 0 aromatic heterocycles. The molecule has 5 rings (SSSR count). The number of hydrogen-bond donors (Lipinski definition) is 2. The van der Waals surface area contributed by atoms with Gasteiger partial charge in [-0.05, 0) is 62.4 Å². The second kappa shape index (κ2) is 10.3. The lowest BCUT2D eigenvalue weighted by atomic mass is 9.82. The molecule has 2 aromatic rings. The van der Waals surface area contributed by atoms with Crippen molar-refractivity contribution in [2.75, 3.05) is 19.8 Å². The van der Waals surface area contributed by atoms with E-state index in [1.807, 2.05) is 13.8 Å². The fraction of sp³-hybridized carbons (Fsp3) is 0.481. The Morgan fingerprint density at radius 3 is 2.11 bits per heavy atom. The van der Waals surface area contributed by atoms with Gasteiger partial charge in [0.05, 0.1) is 17.0 Å². The highest BCUT2D eigenvalue weighted by Crippen LogP contribution is 2.62. The summed E-state index contributed by atoms with van der Waals surface area (Å²) in [5.74, 6) is -1.64. The third-order valence-corrected chi connectivity index (χ3v) is 7.12. The molecule has 1 saturated carbocycles. The zero-order valence-corrected chi connectivity index (χ0v) is 20.6. The van der Waals surface area contributed by atoms with Crippen LogP contribution < -0.4 is 0 Å². The van der Waals surface area contributed by atoms with Crippen LogP contribution in [0, 0.1) is 11.8 Å². The summed E-state index contributed by atoms with van der Waals surface area (Å²) in [6.45, 7) is 4.45. The first-order chi connectivity index (χ1) is 17.9. The first-order valence-corrected chi connectivity index (χ1v) is 12.4. The van der Waals surface area contributed by atoms with Crippen LogP contribution in [0.25, 0.3) is 0 Å². The molecular formula is C27H30O10. The monoisotopic (exact) mass is 514 g/mol. The lowest BCUT2D eigenvalue weighted by Crippen LogP contribution is -2.51. The minimum absolute atomic E-state index is 0.0421. The lowest BCUT2D eigenvalue weighted by Gasteiger charge is -2.42. The van der Waals surface area contributed by atoms with Crippen LogP contribution in [0.5, 0.6) is 11.5 Å². The minimum atomic E-state index is -0.950. The van der Waals surface area contributed by atoms with Crippen molar-refractivity contribution in [2.45, 2.75) is 50.7 Å². The van der Waals surface area contributed by atoms with E-state index in [0.29, 0.717) is 25.2 Å². The number of esters is 2. The molecule has 2 aliphatic heterocycles. The molecule has 2 unspecified atom stereocenters. The van der Waals surface area contributed by atoms with Crippen molar-refractivity contribution in [1.29, 1.82) is 0 Å². The van der Waals surface area contributed by atoms with Gasteiger partial charge in [-0.3, -0.25) is 0 Å². The molecule has 0 spiro atoms. The second-order valence-corrected chi connectivity index (χ2v) is 9.30. The number of phenolic OH excluding ortho intramolecular Hbond substituents is 2. The topological polar surface area (TPSA) is 133 Å². The van der Waals surface area contributed by atoms with Crippen molar-refractivity contribution < 1.29 is 48.2 Å². The third-order valence-electron chi connectivity index (χ3n) is 7.12. The predicted molar refractivity (Wildman–Crippen MR) is 127 cm³/mol. The van der Waals surface area contributed by atoms with Crippen LogP contribution in [0.15, 0.2) is 48.5 Å². The van der Waals surface area contributed by atoms with E-state index in [9.17, 15) is 19.8 Å². The van der Waals surface area contributed by atoms with Gasteiger partial charge in [0, 0.05) is 25.6 Å². The van der Waals surface area contributed by atoms with Gasteiger partial charge in [0.2, 0.25) is 0 Å². The molecule has 0 amide bonds. The van der Waals surface area contributed by atoms with Crippen LogP contribution in [-0.2, 0) is 28.4 Å². The molecule has 10 nitrogen and oxygen atoms in total. The van der Waals surface area contributed by atoms with Crippen molar-refractivity contribution >= 4 is 11.9 Å². The number of phenols is 2. The molecule has 3 fully saturated rings. The number of hydrogen-bond acceptors (Lipinski definition) is 10. The smallest absolute Gasteiger partial charge is 0.338 e. The molecule has 0 bridgehead atoms. The van der Waals surface area contributed by atoms with E-state index >= 15 is 0 Å². The number of aromatic hydroxyl groups is 2. The zero-order valence-electron chi connectivity index (χ0n) is 20.6. The maximum absolute atomic E-state index is 13.0. The summed E-state index contributed by atoms with van der Waals surface area (Å²) in [6, 6.07) is 11.6. The van der Waals surface area contributed by atoms with Gasteiger partial charge in [0.25, 0.3) is 0 Å². The van der Waals surface area contributed by atoms with Gasteiger partial charge in [0.15, 0.2) is 12.6 Å². The standard InChI is InChI=1S/C27H30O10/c1-3-32-20-13-19-21(26(35-20)33-4-2)27(14-34-24(30)15-5-9-17(28)10-6-15)23(37-27)22(19)36-25(31)16-7-11-18(29)12-8-16/h5-12,19-23,26,28-29H,3-4,13-14H2,1-2H3/t19-,20?,21-,22+,23+,26?,27-/m1/s1. The van der Waals surface area contributed by atoms with E-state index in [4.69, 9.17) is 28.4 Å². The Hall–Kier alpha value is -3.18. The molecule has 198 valence electrons. The molecule has 2 N–H and O–H groups in total. The Balaban J connectivity index is 1.38. The van der Waals surface area contributed by atoms with Crippen molar-refractivity contribution in [3.05, 3.63) is 59.7 Å². The Labute approximate surface area is 214 Å². The van der Waals surface area contributed by atoms with Gasteiger partial charge >= 0.3 is 11.9 Å². The van der Waals surface area contributed by atoms with Gasteiger partial charge in [-0.25, -0.2) is 9.59 Å². The van der Waals surface area contributed by atoms with Crippen LogP contribution in [0.1, 0.15) is 41.0 Å². The lowest BCUT2D eigenvalue weighted by molar-refractivity contribution is -0.309. The molecule has 3 aliphatic rings. The summed E-state index contributed by atoms with van der Waals surface area (Å²) in [6.07, 6.45) is -1.98. The van der Waals surface area contributed by atoms with E-state index in [2.05, 4.69) is 0 Å². The minimum Gasteiger partial charge on any atom is -0.508 e. The summed E-state index contributed by atoms with van der Waals surface area (Å²) < 4.78 is 35.5. The fourth-order valence-corrected chi connectivity index (χ4v) is 5.44. The average Bonchev–Trinajstić information content (AvgIpc) is 3.55. The van der Waals surface area contributed by atoms with E-state index in [1.165, 1.54) is 48.5 Å².